The monoisotopic (exact) mass is 309 g/mol. The van der Waals surface area contributed by atoms with E-state index in [0.717, 1.165) is 11.1 Å². The molecule has 2 aromatic heterocycles. The van der Waals surface area contributed by atoms with Crippen molar-refractivity contribution in [3.8, 4) is 11.5 Å². The number of nitrogens with one attached hydrogen (secondary N) is 1. The second-order valence-corrected chi connectivity index (χ2v) is 4.77. The summed E-state index contributed by atoms with van der Waals surface area (Å²) in [6.07, 6.45) is 4.79. The SMILES string of the molecule is COc1ccc(C=CC(=O)c2nc3ncccc3[nH]2)cc1OC. The van der Waals surface area contributed by atoms with Gasteiger partial charge in [-0.3, -0.25) is 4.79 Å². The van der Waals surface area contributed by atoms with Crippen molar-refractivity contribution >= 4 is 23.0 Å². The summed E-state index contributed by atoms with van der Waals surface area (Å²) in [4.78, 5) is 23.4. The van der Waals surface area contributed by atoms with E-state index >= 15 is 0 Å². The number of methoxy groups -OCH3 is 2. The average molecular weight is 309 g/mol. The van der Waals surface area contributed by atoms with Crippen LogP contribution in [0.2, 0.25) is 0 Å². The average Bonchev–Trinajstić information content (AvgIpc) is 3.03. The van der Waals surface area contributed by atoms with Crippen molar-refractivity contribution in [3.05, 3.63) is 54.0 Å². The van der Waals surface area contributed by atoms with Crippen LogP contribution in [0.4, 0.5) is 0 Å². The summed E-state index contributed by atoms with van der Waals surface area (Å²) >= 11 is 0. The lowest BCUT2D eigenvalue weighted by molar-refractivity contribution is 0.103. The third-order valence-corrected chi connectivity index (χ3v) is 3.33. The van der Waals surface area contributed by atoms with Crippen LogP contribution >= 0.6 is 0 Å². The molecule has 0 saturated carbocycles. The zero-order valence-electron chi connectivity index (χ0n) is 12.7. The molecule has 3 aromatic rings. The summed E-state index contributed by atoms with van der Waals surface area (Å²) in [6.45, 7) is 0. The van der Waals surface area contributed by atoms with Crippen LogP contribution in [0.1, 0.15) is 16.2 Å². The highest BCUT2D eigenvalue weighted by Gasteiger charge is 2.09. The Morgan fingerprint density at radius 1 is 1.17 bits per heavy atom. The van der Waals surface area contributed by atoms with Gasteiger partial charge in [-0.15, -0.1) is 0 Å². The van der Waals surface area contributed by atoms with Gasteiger partial charge in [0, 0.05) is 6.20 Å². The standard InChI is InChI=1S/C17H15N3O3/c1-22-14-8-6-11(10-15(14)23-2)5-7-13(21)17-19-12-4-3-9-18-16(12)20-17/h3-10H,1-2H3,(H,18,19,20). The molecule has 1 N–H and O–H groups in total. The predicted octanol–water partition coefficient (Wildman–Crippen LogP) is 2.87. The number of benzene rings is 1. The zero-order valence-corrected chi connectivity index (χ0v) is 12.7. The molecule has 23 heavy (non-hydrogen) atoms. The maximum atomic E-state index is 12.2. The van der Waals surface area contributed by atoms with Crippen LogP contribution in [0.5, 0.6) is 11.5 Å². The summed E-state index contributed by atoms with van der Waals surface area (Å²) in [5.41, 5.74) is 2.08. The maximum absolute atomic E-state index is 12.2. The number of hydrogen-bond acceptors (Lipinski definition) is 5. The molecule has 0 amide bonds. The fourth-order valence-electron chi connectivity index (χ4n) is 2.17. The van der Waals surface area contributed by atoms with E-state index in [-0.39, 0.29) is 11.6 Å². The molecule has 2 heterocycles. The fraction of sp³-hybridized carbons (Fsp3) is 0.118. The lowest BCUT2D eigenvalue weighted by Crippen LogP contribution is -1.97. The first kappa shape index (κ1) is 14.8. The lowest BCUT2D eigenvalue weighted by Gasteiger charge is -2.07. The maximum Gasteiger partial charge on any atom is 0.221 e. The Morgan fingerprint density at radius 3 is 2.74 bits per heavy atom. The number of imidazole rings is 1. The Balaban J connectivity index is 1.83. The number of carbonyl (C=O) groups excluding carboxylic acids is 1. The van der Waals surface area contributed by atoms with E-state index in [4.69, 9.17) is 9.47 Å². The number of carbonyl (C=O) groups is 1. The molecule has 0 radical (unpaired) electrons. The summed E-state index contributed by atoms with van der Waals surface area (Å²) in [6, 6.07) is 9.03. The predicted molar refractivity (Wildman–Crippen MR) is 86.8 cm³/mol. The number of nitrogens with zero attached hydrogens (tertiary/aromatic N) is 2. The van der Waals surface area contributed by atoms with E-state index in [1.807, 2.05) is 12.1 Å². The number of fused-ring (bicyclic) bond motifs is 1. The lowest BCUT2D eigenvalue weighted by atomic mass is 10.1. The fourth-order valence-corrected chi connectivity index (χ4v) is 2.17. The van der Waals surface area contributed by atoms with Crippen molar-refractivity contribution in [3.63, 3.8) is 0 Å². The van der Waals surface area contributed by atoms with Gasteiger partial charge in [-0.1, -0.05) is 12.1 Å². The molecule has 0 saturated heterocycles. The van der Waals surface area contributed by atoms with Crippen molar-refractivity contribution in [2.45, 2.75) is 0 Å². The summed E-state index contributed by atoms with van der Waals surface area (Å²) in [7, 11) is 3.14. The molecular formula is C17H15N3O3. The molecule has 0 fully saturated rings. The summed E-state index contributed by atoms with van der Waals surface area (Å²) in [5, 5.41) is 0. The van der Waals surface area contributed by atoms with Crippen LogP contribution in [-0.2, 0) is 0 Å². The second kappa shape index (κ2) is 6.31. The van der Waals surface area contributed by atoms with Crippen LogP contribution in [0.25, 0.3) is 17.2 Å². The summed E-state index contributed by atoms with van der Waals surface area (Å²) in [5.74, 6) is 1.28. The largest absolute Gasteiger partial charge is 0.493 e. The van der Waals surface area contributed by atoms with Gasteiger partial charge in [-0.25, -0.2) is 9.97 Å². The molecule has 116 valence electrons. The number of ether oxygens (including phenoxy) is 2. The third-order valence-electron chi connectivity index (χ3n) is 3.33. The van der Waals surface area contributed by atoms with Crippen molar-refractivity contribution in [1.82, 2.24) is 15.0 Å². The third kappa shape index (κ3) is 3.06. The quantitative estimate of drug-likeness (QED) is 0.579. The minimum atomic E-state index is -0.224. The normalized spacial score (nSPS) is 11.0. The van der Waals surface area contributed by atoms with E-state index in [1.165, 1.54) is 6.08 Å². The molecule has 6 nitrogen and oxygen atoms in total. The van der Waals surface area contributed by atoms with Crippen molar-refractivity contribution in [2.24, 2.45) is 0 Å². The van der Waals surface area contributed by atoms with Gasteiger partial charge < -0.3 is 14.5 Å². The van der Waals surface area contributed by atoms with Crippen LogP contribution < -0.4 is 9.47 Å². The van der Waals surface area contributed by atoms with Crippen LogP contribution in [0.15, 0.2) is 42.6 Å². The highest BCUT2D eigenvalue weighted by atomic mass is 16.5. The summed E-state index contributed by atoms with van der Waals surface area (Å²) < 4.78 is 10.4. The van der Waals surface area contributed by atoms with Gasteiger partial charge in [0.25, 0.3) is 0 Å². The highest BCUT2D eigenvalue weighted by molar-refractivity contribution is 6.05. The molecular weight excluding hydrogens is 294 g/mol. The number of ketones is 1. The number of hydrogen-bond donors (Lipinski definition) is 1. The molecule has 0 bridgehead atoms. The van der Waals surface area contributed by atoms with Crippen molar-refractivity contribution < 1.29 is 14.3 Å². The number of pyridine rings is 1. The number of aromatic amines is 1. The van der Waals surface area contributed by atoms with E-state index < -0.39 is 0 Å². The Kier molecular flexibility index (Phi) is 4.05. The second-order valence-electron chi connectivity index (χ2n) is 4.77. The first-order chi connectivity index (χ1) is 11.2. The number of rotatable bonds is 5. The molecule has 0 aliphatic rings. The molecule has 1 aromatic carbocycles. The van der Waals surface area contributed by atoms with E-state index in [1.54, 1.807) is 44.7 Å². The van der Waals surface area contributed by atoms with Gasteiger partial charge in [0.1, 0.15) is 0 Å². The van der Waals surface area contributed by atoms with Gasteiger partial charge in [-0.05, 0) is 35.9 Å². The van der Waals surface area contributed by atoms with Gasteiger partial charge in [0.05, 0.1) is 19.7 Å². The molecule has 6 heteroatoms. The number of H-pyrrole nitrogens is 1. The van der Waals surface area contributed by atoms with E-state index in [2.05, 4.69) is 15.0 Å². The molecule has 0 aliphatic heterocycles. The van der Waals surface area contributed by atoms with E-state index in [0.29, 0.717) is 17.1 Å². The zero-order chi connectivity index (χ0) is 16.2. The van der Waals surface area contributed by atoms with Crippen molar-refractivity contribution in [1.29, 1.82) is 0 Å². The van der Waals surface area contributed by atoms with Gasteiger partial charge in [0.2, 0.25) is 5.78 Å². The molecule has 3 rings (SSSR count). The topological polar surface area (TPSA) is 77.1 Å². The minimum Gasteiger partial charge on any atom is -0.493 e. The molecule has 0 unspecified atom stereocenters. The number of allylic oxidation sites excluding steroid dienone is 1. The van der Waals surface area contributed by atoms with Crippen LogP contribution in [-0.4, -0.2) is 35.0 Å². The van der Waals surface area contributed by atoms with Crippen molar-refractivity contribution in [2.75, 3.05) is 14.2 Å². The molecule has 0 aliphatic carbocycles. The highest BCUT2D eigenvalue weighted by Crippen LogP contribution is 2.28. The van der Waals surface area contributed by atoms with Gasteiger partial charge in [-0.2, -0.15) is 0 Å². The van der Waals surface area contributed by atoms with Gasteiger partial charge in [0.15, 0.2) is 23.0 Å². The Labute approximate surface area is 132 Å². The first-order valence-electron chi connectivity index (χ1n) is 6.96. The van der Waals surface area contributed by atoms with Gasteiger partial charge >= 0.3 is 0 Å². The van der Waals surface area contributed by atoms with E-state index in [9.17, 15) is 4.79 Å². The Hall–Kier alpha value is -3.15. The Morgan fingerprint density at radius 2 is 2.00 bits per heavy atom. The molecule has 0 spiro atoms. The first-order valence-corrected chi connectivity index (χ1v) is 6.96. The van der Waals surface area contributed by atoms with Crippen LogP contribution in [0.3, 0.4) is 0 Å². The molecule has 0 atom stereocenters. The minimum absolute atomic E-state index is 0.224. The van der Waals surface area contributed by atoms with Crippen LogP contribution in [0, 0.1) is 0 Å². The Bertz CT molecular complexity index is 851. The smallest absolute Gasteiger partial charge is 0.221 e. The number of aromatic nitrogens is 3.